The smallest absolute Gasteiger partial charge is 0.146 e. The van der Waals surface area contributed by atoms with Gasteiger partial charge in [-0.05, 0) is 69.1 Å². The first-order valence-corrected chi connectivity index (χ1v) is 19.0. The van der Waals surface area contributed by atoms with Crippen LogP contribution in [0.5, 0.6) is 0 Å². The summed E-state index contributed by atoms with van der Waals surface area (Å²) in [4.78, 5) is 22.8. The highest BCUT2D eigenvalue weighted by atomic mass is 31.1. The van der Waals surface area contributed by atoms with Gasteiger partial charge in [-0.2, -0.15) is 0 Å². The molecule has 1 aliphatic rings. The van der Waals surface area contributed by atoms with Crippen molar-refractivity contribution in [3.63, 3.8) is 0 Å². The minimum atomic E-state index is -0.669. The molecule has 1 rings (SSSR count). The molecule has 1 fully saturated rings. The quantitative estimate of drug-likeness (QED) is 0.0384. The number of aldehydes is 2. The predicted octanol–water partition coefficient (Wildman–Crippen LogP) is 10.2. The summed E-state index contributed by atoms with van der Waals surface area (Å²) in [5.41, 5.74) is 0.180. The molecule has 0 bridgehead atoms. The maximum Gasteiger partial charge on any atom is 0.146 e. The van der Waals surface area contributed by atoms with Crippen LogP contribution >= 0.6 is 8.58 Å². The van der Waals surface area contributed by atoms with Crippen LogP contribution in [-0.2, 0) is 9.59 Å². The molecule has 5 unspecified atom stereocenters. The van der Waals surface area contributed by atoms with Gasteiger partial charge in [-0.15, -0.1) is 21.7 Å². The molecule has 0 aromatic rings. The van der Waals surface area contributed by atoms with Crippen molar-refractivity contribution in [2.45, 2.75) is 163 Å². The van der Waals surface area contributed by atoms with E-state index >= 15 is 0 Å². The molecule has 0 heterocycles. The second kappa shape index (κ2) is 31.5. The first-order chi connectivity index (χ1) is 21.0. The summed E-state index contributed by atoms with van der Waals surface area (Å²) < 4.78 is 0. The Kier molecular flexibility index (Phi) is 33.7. The molecular weight excluding hydrogens is 561 g/mol. The average Bonchev–Trinajstić information content (AvgIpc) is 3.03. The molecule has 0 aromatic heterocycles. The van der Waals surface area contributed by atoms with Crippen LogP contribution in [0, 0.1) is 17.3 Å². The van der Waals surface area contributed by atoms with Gasteiger partial charge in [-0.25, -0.2) is 0 Å². The van der Waals surface area contributed by atoms with Crippen LogP contribution in [0.1, 0.15) is 145 Å². The molecule has 3 N–H and O–H groups in total. The van der Waals surface area contributed by atoms with Gasteiger partial charge in [0.25, 0.3) is 0 Å². The van der Waals surface area contributed by atoms with Crippen molar-refractivity contribution in [3.8, 4) is 0 Å². The Hall–Kier alpha value is -1.45. The number of rotatable bonds is 21. The second-order valence-electron chi connectivity index (χ2n) is 12.9. The summed E-state index contributed by atoms with van der Waals surface area (Å²) in [6, 6.07) is 1.16. The van der Waals surface area contributed by atoms with Crippen molar-refractivity contribution in [1.82, 2.24) is 16.0 Å². The molecule has 5 nitrogen and oxygen atoms in total. The third-order valence-corrected chi connectivity index (χ3v) is 9.93. The Morgan fingerprint density at radius 2 is 1.52 bits per heavy atom. The molecule has 0 radical (unpaired) electrons. The van der Waals surface area contributed by atoms with Crippen molar-refractivity contribution in [3.05, 3.63) is 37.7 Å². The van der Waals surface area contributed by atoms with E-state index in [1.165, 1.54) is 70.6 Å². The number of hydrogen-bond acceptors (Lipinski definition) is 5. The highest BCUT2D eigenvalue weighted by Gasteiger charge is 2.35. The summed E-state index contributed by atoms with van der Waals surface area (Å²) >= 11 is 0. The minimum absolute atomic E-state index is 0.415. The summed E-state index contributed by atoms with van der Waals surface area (Å²) in [5.74, 6) is 2.17. The van der Waals surface area contributed by atoms with E-state index in [1.807, 2.05) is 7.05 Å². The lowest BCUT2D eigenvalue weighted by atomic mass is 9.72. The van der Waals surface area contributed by atoms with Crippen molar-refractivity contribution in [2.24, 2.45) is 17.3 Å². The maximum absolute atomic E-state index is 11.7. The third kappa shape index (κ3) is 23.9. The van der Waals surface area contributed by atoms with Crippen molar-refractivity contribution >= 4 is 21.2 Å². The van der Waals surface area contributed by atoms with E-state index in [2.05, 4.69) is 97.7 Å². The number of carbonyl (C=O) groups excluding carboxylic acids is 2. The Balaban J connectivity index is -0.000000667. The van der Waals surface area contributed by atoms with Gasteiger partial charge in [-0.3, -0.25) is 4.79 Å². The third-order valence-electron chi connectivity index (χ3n) is 8.47. The van der Waals surface area contributed by atoms with E-state index < -0.39 is 5.41 Å². The van der Waals surface area contributed by atoms with E-state index in [9.17, 15) is 9.59 Å². The summed E-state index contributed by atoms with van der Waals surface area (Å²) in [6.45, 7) is 31.5. The molecule has 6 atom stereocenters. The fourth-order valence-corrected chi connectivity index (χ4v) is 6.45. The number of allylic oxidation sites excluding steroid dienone is 1. The zero-order valence-corrected chi connectivity index (χ0v) is 31.8. The molecule has 0 aliphatic heterocycles. The van der Waals surface area contributed by atoms with Crippen molar-refractivity contribution in [2.75, 3.05) is 13.3 Å². The van der Waals surface area contributed by atoms with Gasteiger partial charge in [0.1, 0.15) is 12.6 Å². The van der Waals surface area contributed by atoms with Gasteiger partial charge >= 0.3 is 0 Å². The van der Waals surface area contributed by atoms with Crippen LogP contribution < -0.4 is 16.0 Å². The first kappa shape index (κ1) is 47.0. The SMILES string of the molecule is C=C.C=C(C=O)C(C=O)(CC(C)CC)C[C@@H](C)PCNC.C=C(NC1CCCCC1)NC(C)C(C)CCCCCC.CCC. The van der Waals surface area contributed by atoms with Gasteiger partial charge in [0.05, 0.1) is 11.2 Å². The molecule has 1 saturated carbocycles. The average molecular weight is 638 g/mol. The van der Waals surface area contributed by atoms with Crippen LogP contribution in [0.2, 0.25) is 0 Å². The standard InChI is InChI=1S/C18H36N2.C15H28NO2P.C3H8.C2H4/c1-5-6-7-9-12-15(2)16(3)19-17(4)20-18-13-10-8-11-14-18;1-6-12(2)7-15(10-18,13(3)9-17)8-14(4)19-11-16-5;1-3-2;1-2/h15-16,18-20H,4-14H2,1-3H3;9-10,12,14,16,19H,3,6-8,11H2,1-2,4-5H3;3H2,1-2H3;1-2H2/t;12?,14-,15?;;/m.1../s1. The van der Waals surface area contributed by atoms with Crippen LogP contribution in [0.25, 0.3) is 0 Å². The normalized spacial score (nSPS) is 17.0. The molecule has 1 aliphatic carbocycles. The zero-order chi connectivity index (χ0) is 34.4. The largest absolute Gasteiger partial charge is 0.370 e. The monoisotopic (exact) mass is 638 g/mol. The Labute approximate surface area is 277 Å². The van der Waals surface area contributed by atoms with E-state index in [-0.39, 0.29) is 0 Å². The van der Waals surface area contributed by atoms with Crippen LogP contribution in [0.15, 0.2) is 37.7 Å². The van der Waals surface area contributed by atoms with E-state index in [1.54, 1.807) is 0 Å². The minimum Gasteiger partial charge on any atom is -0.370 e. The number of nitrogens with one attached hydrogen (secondary N) is 3. The summed E-state index contributed by atoms with van der Waals surface area (Å²) in [5, 5.41) is 10.3. The number of hydrogen-bond donors (Lipinski definition) is 3. The van der Waals surface area contributed by atoms with Gasteiger partial charge in [0, 0.05) is 18.4 Å². The molecule has 0 aromatic carbocycles. The van der Waals surface area contributed by atoms with Crippen LogP contribution in [0.4, 0.5) is 0 Å². The van der Waals surface area contributed by atoms with Gasteiger partial charge < -0.3 is 20.7 Å². The highest BCUT2D eigenvalue weighted by Crippen LogP contribution is 2.40. The van der Waals surface area contributed by atoms with Crippen LogP contribution in [-0.4, -0.2) is 43.6 Å². The fraction of sp³-hybridized carbons (Fsp3) is 0.789. The predicted molar refractivity (Wildman–Crippen MR) is 201 cm³/mol. The van der Waals surface area contributed by atoms with E-state index in [4.69, 9.17) is 0 Å². The Bertz CT molecular complexity index is 710. The fourth-order valence-electron chi connectivity index (χ4n) is 5.39. The molecular formula is C38H76N3O2P. The molecule has 6 heteroatoms. The van der Waals surface area contributed by atoms with Gasteiger partial charge in [0.2, 0.25) is 0 Å². The summed E-state index contributed by atoms with van der Waals surface area (Å²) in [6.07, 6.45) is 19.9. The van der Waals surface area contributed by atoms with Crippen LogP contribution in [0.3, 0.4) is 0 Å². The zero-order valence-electron chi connectivity index (χ0n) is 30.8. The first-order valence-electron chi connectivity index (χ1n) is 17.7. The molecule has 0 saturated heterocycles. The second-order valence-corrected chi connectivity index (χ2v) is 14.6. The lowest BCUT2D eigenvalue weighted by Gasteiger charge is -2.33. The van der Waals surface area contributed by atoms with Crippen molar-refractivity contribution < 1.29 is 9.59 Å². The van der Waals surface area contributed by atoms with Crippen molar-refractivity contribution in [1.29, 1.82) is 0 Å². The molecule has 44 heavy (non-hydrogen) atoms. The maximum atomic E-state index is 11.7. The lowest BCUT2D eigenvalue weighted by molar-refractivity contribution is -0.118. The topological polar surface area (TPSA) is 70.2 Å². The van der Waals surface area contributed by atoms with E-state index in [0.717, 1.165) is 58.4 Å². The number of unbranched alkanes of at least 4 members (excludes halogenated alkanes) is 3. The Morgan fingerprint density at radius 1 is 0.932 bits per heavy atom. The Morgan fingerprint density at radius 3 is 2.00 bits per heavy atom. The molecule has 0 spiro atoms. The number of carbonyl (C=O) groups is 2. The molecule has 260 valence electrons. The molecule has 0 amide bonds. The van der Waals surface area contributed by atoms with Gasteiger partial charge in [0.15, 0.2) is 0 Å². The summed E-state index contributed by atoms with van der Waals surface area (Å²) in [7, 11) is 2.67. The lowest BCUT2D eigenvalue weighted by Crippen LogP contribution is -2.41. The van der Waals surface area contributed by atoms with Gasteiger partial charge in [-0.1, -0.05) is 119 Å². The highest BCUT2D eigenvalue weighted by molar-refractivity contribution is 7.38. The van der Waals surface area contributed by atoms with E-state index in [0.29, 0.717) is 29.2 Å².